The van der Waals surface area contributed by atoms with Crippen LogP contribution in [-0.4, -0.2) is 35.5 Å². The van der Waals surface area contributed by atoms with E-state index in [9.17, 15) is 14.0 Å². The molecule has 0 aliphatic carbocycles. The molecule has 1 N–H and O–H groups in total. The highest BCUT2D eigenvalue weighted by Gasteiger charge is 2.46. The lowest BCUT2D eigenvalue weighted by molar-refractivity contribution is -0.155. The van der Waals surface area contributed by atoms with Crippen LogP contribution in [0.5, 0.6) is 0 Å². The Morgan fingerprint density at radius 3 is 2.47 bits per heavy atom. The predicted molar refractivity (Wildman–Crippen MR) is 69.1 cm³/mol. The third kappa shape index (κ3) is 2.32. The van der Waals surface area contributed by atoms with Crippen molar-refractivity contribution in [2.45, 2.75) is 25.4 Å². The third-order valence-corrected chi connectivity index (χ3v) is 3.46. The normalized spacial score (nSPS) is 22.3. The van der Waals surface area contributed by atoms with Gasteiger partial charge in [-0.3, -0.25) is 9.59 Å². The van der Waals surface area contributed by atoms with Gasteiger partial charge in [0.1, 0.15) is 18.3 Å². The highest BCUT2D eigenvalue weighted by molar-refractivity contribution is 5.99. The maximum atomic E-state index is 12.6. The fraction of sp³-hybridized carbons (Fsp3) is 0.429. The van der Waals surface area contributed by atoms with E-state index in [0.717, 1.165) is 0 Å². The Labute approximate surface area is 111 Å². The van der Waals surface area contributed by atoms with Crippen LogP contribution < -0.4 is 5.32 Å². The molecule has 0 spiro atoms. The van der Waals surface area contributed by atoms with Crippen molar-refractivity contribution in [3.63, 3.8) is 0 Å². The Morgan fingerprint density at radius 1 is 1.26 bits per heavy atom. The molecular weight excluding hydrogens is 247 g/mol. The maximum Gasteiger partial charge on any atom is 0.250 e. The van der Waals surface area contributed by atoms with Crippen molar-refractivity contribution in [1.29, 1.82) is 0 Å². The van der Waals surface area contributed by atoms with Gasteiger partial charge in [-0.2, -0.15) is 0 Å². The van der Waals surface area contributed by atoms with Crippen LogP contribution in [0.2, 0.25) is 0 Å². The first-order valence-electron chi connectivity index (χ1n) is 6.22. The quantitative estimate of drug-likeness (QED) is 0.898. The Hall–Kier alpha value is -1.91. The largest absolute Gasteiger partial charge is 0.338 e. The minimum Gasteiger partial charge on any atom is -0.338 e. The zero-order chi connectivity index (χ0) is 14.0. The van der Waals surface area contributed by atoms with E-state index < -0.39 is 18.3 Å². The van der Waals surface area contributed by atoms with Gasteiger partial charge in [0.15, 0.2) is 0 Å². The van der Waals surface area contributed by atoms with Crippen molar-refractivity contribution >= 4 is 11.8 Å². The zero-order valence-corrected chi connectivity index (χ0v) is 11.0. The average Bonchev–Trinajstić information content (AvgIpc) is 2.40. The number of piperazine rings is 1. The summed E-state index contributed by atoms with van der Waals surface area (Å²) in [5, 5.41) is 2.71. The number of nitrogens with one attached hydrogen (secondary N) is 1. The van der Waals surface area contributed by atoms with Gasteiger partial charge in [-0.05, 0) is 19.4 Å². The van der Waals surface area contributed by atoms with E-state index in [-0.39, 0.29) is 18.4 Å². The number of hydrogen-bond acceptors (Lipinski definition) is 2. The Bertz CT molecular complexity index is 487. The summed E-state index contributed by atoms with van der Waals surface area (Å²) in [7, 11) is 0. The molecule has 1 saturated heterocycles. The highest BCUT2D eigenvalue weighted by atomic mass is 19.1. The first-order valence-corrected chi connectivity index (χ1v) is 6.22. The van der Waals surface area contributed by atoms with E-state index in [1.807, 2.05) is 6.07 Å². The summed E-state index contributed by atoms with van der Waals surface area (Å²) in [6.07, 6.45) is 0. The topological polar surface area (TPSA) is 49.4 Å². The van der Waals surface area contributed by atoms with Crippen molar-refractivity contribution in [3.05, 3.63) is 35.9 Å². The number of halogens is 1. The second-order valence-electron chi connectivity index (χ2n) is 5.06. The van der Waals surface area contributed by atoms with Gasteiger partial charge in [0.2, 0.25) is 5.91 Å². The lowest BCUT2D eigenvalue weighted by Crippen LogP contribution is -2.65. The number of alkyl halides is 1. The number of nitrogens with zero attached hydrogens (tertiary/aromatic N) is 1. The molecule has 0 bridgehead atoms. The maximum absolute atomic E-state index is 12.6. The SMILES string of the molecule is CC1(C)C(=O)NC(c2ccccc2)C(=O)N1CCF. The Morgan fingerprint density at radius 2 is 1.89 bits per heavy atom. The van der Waals surface area contributed by atoms with Crippen LogP contribution >= 0.6 is 0 Å². The average molecular weight is 264 g/mol. The van der Waals surface area contributed by atoms with Crippen molar-refractivity contribution < 1.29 is 14.0 Å². The summed E-state index contributed by atoms with van der Waals surface area (Å²) >= 11 is 0. The minimum absolute atomic E-state index is 0.0669. The molecule has 2 rings (SSSR count). The number of hydrogen-bond donors (Lipinski definition) is 1. The molecule has 102 valence electrons. The molecule has 1 aliphatic rings. The van der Waals surface area contributed by atoms with Crippen LogP contribution in [0.1, 0.15) is 25.5 Å². The van der Waals surface area contributed by atoms with Crippen LogP contribution in [0.3, 0.4) is 0 Å². The van der Waals surface area contributed by atoms with Gasteiger partial charge in [0.05, 0.1) is 6.54 Å². The van der Waals surface area contributed by atoms with Gasteiger partial charge in [-0.25, -0.2) is 4.39 Å². The van der Waals surface area contributed by atoms with Crippen molar-refractivity contribution in [2.24, 2.45) is 0 Å². The van der Waals surface area contributed by atoms with E-state index in [1.54, 1.807) is 38.1 Å². The van der Waals surface area contributed by atoms with Gasteiger partial charge < -0.3 is 10.2 Å². The highest BCUT2D eigenvalue weighted by Crippen LogP contribution is 2.27. The first kappa shape index (κ1) is 13.5. The molecule has 1 aliphatic heterocycles. The van der Waals surface area contributed by atoms with E-state index in [2.05, 4.69) is 5.32 Å². The lowest BCUT2D eigenvalue weighted by Gasteiger charge is -2.44. The molecule has 1 unspecified atom stereocenters. The number of rotatable bonds is 3. The zero-order valence-electron chi connectivity index (χ0n) is 11.0. The van der Waals surface area contributed by atoms with Crippen LogP contribution in [0.4, 0.5) is 4.39 Å². The molecule has 1 atom stereocenters. The van der Waals surface area contributed by atoms with E-state index in [4.69, 9.17) is 0 Å². The summed E-state index contributed by atoms with van der Waals surface area (Å²) in [4.78, 5) is 25.8. The molecule has 0 radical (unpaired) electrons. The van der Waals surface area contributed by atoms with Gasteiger partial charge >= 0.3 is 0 Å². The summed E-state index contributed by atoms with van der Waals surface area (Å²) in [6.45, 7) is 2.51. The predicted octanol–water partition coefficient (Wildman–Crippen LogP) is 1.43. The lowest BCUT2D eigenvalue weighted by atomic mass is 9.93. The molecule has 1 aromatic rings. The first-order chi connectivity index (χ1) is 8.98. The van der Waals surface area contributed by atoms with Crippen LogP contribution in [0.25, 0.3) is 0 Å². The smallest absolute Gasteiger partial charge is 0.250 e. The summed E-state index contributed by atoms with van der Waals surface area (Å²) < 4.78 is 12.6. The third-order valence-electron chi connectivity index (χ3n) is 3.46. The van der Waals surface area contributed by atoms with E-state index >= 15 is 0 Å². The number of carbonyl (C=O) groups excluding carboxylic acids is 2. The van der Waals surface area contributed by atoms with Crippen molar-refractivity contribution in [3.8, 4) is 0 Å². The number of carbonyl (C=O) groups is 2. The summed E-state index contributed by atoms with van der Waals surface area (Å²) in [5.74, 6) is -0.539. The van der Waals surface area contributed by atoms with E-state index in [0.29, 0.717) is 5.56 Å². The van der Waals surface area contributed by atoms with Crippen LogP contribution in [0.15, 0.2) is 30.3 Å². The van der Waals surface area contributed by atoms with Crippen molar-refractivity contribution in [2.75, 3.05) is 13.2 Å². The fourth-order valence-corrected chi connectivity index (χ4v) is 2.27. The van der Waals surface area contributed by atoms with E-state index in [1.165, 1.54) is 4.90 Å². The van der Waals surface area contributed by atoms with Gasteiger partial charge in [-0.15, -0.1) is 0 Å². The second kappa shape index (κ2) is 4.99. The molecule has 1 fully saturated rings. The molecule has 19 heavy (non-hydrogen) atoms. The molecular formula is C14H17FN2O2. The van der Waals surface area contributed by atoms with Crippen molar-refractivity contribution in [1.82, 2.24) is 10.2 Å². The standard InChI is InChI=1S/C14H17FN2O2/c1-14(2)13(19)16-11(10-6-4-3-5-7-10)12(18)17(14)9-8-15/h3-7,11H,8-9H2,1-2H3,(H,16,19). The number of amides is 2. The minimum atomic E-state index is -1.02. The van der Waals surface area contributed by atoms with Crippen LogP contribution in [-0.2, 0) is 9.59 Å². The Kier molecular flexibility index (Phi) is 3.55. The Balaban J connectivity index is 2.34. The molecule has 4 nitrogen and oxygen atoms in total. The molecule has 0 aromatic heterocycles. The number of benzene rings is 1. The molecule has 0 saturated carbocycles. The second-order valence-corrected chi connectivity index (χ2v) is 5.06. The molecule has 2 amide bonds. The monoisotopic (exact) mass is 264 g/mol. The van der Waals surface area contributed by atoms with Gasteiger partial charge in [0.25, 0.3) is 5.91 Å². The fourth-order valence-electron chi connectivity index (χ4n) is 2.27. The summed E-state index contributed by atoms with van der Waals surface area (Å²) in [6, 6.07) is 8.25. The van der Waals surface area contributed by atoms with Gasteiger partial charge in [-0.1, -0.05) is 30.3 Å². The van der Waals surface area contributed by atoms with Crippen LogP contribution in [0, 0.1) is 0 Å². The summed E-state index contributed by atoms with van der Waals surface area (Å²) in [5.41, 5.74) is -0.311. The molecule has 1 aromatic carbocycles. The molecule has 5 heteroatoms. The van der Waals surface area contributed by atoms with Gasteiger partial charge in [0, 0.05) is 0 Å². The molecule has 1 heterocycles.